The molecule has 1 N–H and O–H groups in total. The number of rotatable bonds is 8. The van der Waals surface area contributed by atoms with Crippen LogP contribution in [0.15, 0.2) is 63.4 Å². The molecule has 0 radical (unpaired) electrons. The number of allylic oxidation sites excluding steroid dienone is 2. The molecule has 3 aromatic rings. The van der Waals surface area contributed by atoms with Gasteiger partial charge < -0.3 is 5.32 Å². The van der Waals surface area contributed by atoms with Crippen molar-refractivity contribution in [3.63, 3.8) is 0 Å². The Bertz CT molecular complexity index is 1140. The zero-order valence-electron chi connectivity index (χ0n) is 17.7. The third-order valence-electron chi connectivity index (χ3n) is 5.55. The molecule has 7 heteroatoms. The Balaban J connectivity index is 1.51. The van der Waals surface area contributed by atoms with Crippen molar-refractivity contribution >= 4 is 39.9 Å². The molecule has 1 aliphatic rings. The van der Waals surface area contributed by atoms with E-state index in [0.717, 1.165) is 24.1 Å². The topological polar surface area (TPSA) is 64.0 Å². The first-order valence-electron chi connectivity index (χ1n) is 10.7. The maximum atomic E-state index is 13.2. The van der Waals surface area contributed by atoms with Crippen molar-refractivity contribution in [1.29, 1.82) is 0 Å². The molecule has 1 amide bonds. The first-order valence-corrected chi connectivity index (χ1v) is 12.6. The fourth-order valence-corrected chi connectivity index (χ4v) is 5.44. The number of amides is 1. The summed E-state index contributed by atoms with van der Waals surface area (Å²) in [5.41, 5.74) is 2.07. The monoisotopic (exact) mass is 453 g/mol. The number of benzene rings is 1. The van der Waals surface area contributed by atoms with E-state index in [2.05, 4.69) is 11.4 Å². The second-order valence-electron chi connectivity index (χ2n) is 7.82. The summed E-state index contributed by atoms with van der Waals surface area (Å²) >= 11 is 2.96. The van der Waals surface area contributed by atoms with Gasteiger partial charge in [0.05, 0.1) is 22.7 Å². The Morgan fingerprint density at radius 1 is 1.26 bits per heavy atom. The van der Waals surface area contributed by atoms with Gasteiger partial charge in [-0.25, -0.2) is 4.98 Å². The summed E-state index contributed by atoms with van der Waals surface area (Å²) in [6.07, 6.45) is 7.89. The van der Waals surface area contributed by atoms with Crippen molar-refractivity contribution in [2.24, 2.45) is 0 Å². The number of thiophene rings is 1. The lowest BCUT2D eigenvalue weighted by atomic mass is 9.97. The smallest absolute Gasteiger partial charge is 0.262 e. The molecule has 2 aromatic heterocycles. The van der Waals surface area contributed by atoms with Crippen molar-refractivity contribution in [2.45, 2.75) is 56.8 Å². The predicted molar refractivity (Wildman–Crippen MR) is 129 cm³/mol. The number of nitrogens with one attached hydrogen (secondary N) is 1. The summed E-state index contributed by atoms with van der Waals surface area (Å²) in [5.74, 6) is 0.165. The van der Waals surface area contributed by atoms with E-state index in [9.17, 15) is 9.59 Å². The van der Waals surface area contributed by atoms with Gasteiger partial charge in [0.1, 0.15) is 0 Å². The van der Waals surface area contributed by atoms with Gasteiger partial charge in [-0.2, -0.15) is 0 Å². The van der Waals surface area contributed by atoms with Crippen LogP contribution in [0.5, 0.6) is 0 Å². The SMILES string of the molecule is C[C@@H](NC(=O)CSc1nc2ccccc2c(=O)n1CCC1=CCCCC1)c1cccs1. The average Bonchev–Trinajstić information content (AvgIpc) is 3.33. The number of thioether (sulfide) groups is 1. The summed E-state index contributed by atoms with van der Waals surface area (Å²) in [4.78, 5) is 31.6. The molecule has 1 aliphatic carbocycles. The third-order valence-corrected chi connectivity index (χ3v) is 7.58. The van der Waals surface area contributed by atoms with E-state index in [1.165, 1.54) is 30.2 Å². The van der Waals surface area contributed by atoms with Crippen molar-refractivity contribution in [3.05, 3.63) is 68.7 Å². The van der Waals surface area contributed by atoms with Gasteiger partial charge >= 0.3 is 0 Å². The Morgan fingerprint density at radius 3 is 2.90 bits per heavy atom. The normalized spacial score (nSPS) is 14.9. The highest BCUT2D eigenvalue weighted by Crippen LogP contribution is 2.23. The Hall–Kier alpha value is -2.38. The summed E-state index contributed by atoms with van der Waals surface area (Å²) in [6.45, 7) is 2.58. The zero-order valence-corrected chi connectivity index (χ0v) is 19.3. The van der Waals surface area contributed by atoms with Crippen LogP contribution < -0.4 is 10.9 Å². The highest BCUT2D eigenvalue weighted by atomic mass is 32.2. The van der Waals surface area contributed by atoms with E-state index in [1.807, 2.05) is 48.7 Å². The standard InChI is InChI=1S/C24H27N3O2S2/c1-17(21-12-7-15-30-21)25-22(28)16-31-24-26-20-11-6-5-10-19(20)23(29)27(24)14-13-18-8-3-2-4-9-18/h5-8,10-12,15,17H,2-4,9,13-14,16H2,1H3,(H,25,28)/t17-/m1/s1. The molecule has 0 spiro atoms. The second kappa shape index (κ2) is 10.3. The minimum Gasteiger partial charge on any atom is -0.348 e. The number of para-hydroxylation sites is 1. The number of carbonyl (C=O) groups is 1. The third kappa shape index (κ3) is 5.46. The second-order valence-corrected chi connectivity index (χ2v) is 9.74. The van der Waals surface area contributed by atoms with Crippen LogP contribution in [-0.4, -0.2) is 21.2 Å². The molecule has 0 bridgehead atoms. The van der Waals surface area contributed by atoms with Crippen LogP contribution >= 0.6 is 23.1 Å². The van der Waals surface area contributed by atoms with E-state index in [0.29, 0.717) is 22.6 Å². The van der Waals surface area contributed by atoms with Crippen LogP contribution in [0, 0.1) is 0 Å². The van der Waals surface area contributed by atoms with E-state index in [-0.39, 0.29) is 23.3 Å². The van der Waals surface area contributed by atoms with Gasteiger partial charge in [0.2, 0.25) is 5.91 Å². The quantitative estimate of drug-likeness (QED) is 0.285. The summed E-state index contributed by atoms with van der Waals surface area (Å²) < 4.78 is 1.75. The maximum Gasteiger partial charge on any atom is 0.262 e. The van der Waals surface area contributed by atoms with E-state index >= 15 is 0 Å². The van der Waals surface area contributed by atoms with Gasteiger partial charge in [0.15, 0.2) is 5.16 Å². The average molecular weight is 454 g/mol. The molecule has 1 aromatic carbocycles. The number of nitrogens with zero attached hydrogens (tertiary/aromatic N) is 2. The summed E-state index contributed by atoms with van der Waals surface area (Å²) in [5, 5.41) is 6.28. The molecule has 0 aliphatic heterocycles. The molecule has 162 valence electrons. The van der Waals surface area contributed by atoms with Crippen molar-refractivity contribution in [2.75, 3.05) is 5.75 Å². The molecule has 5 nitrogen and oxygen atoms in total. The molecular formula is C24H27N3O2S2. The fraction of sp³-hybridized carbons (Fsp3) is 0.375. The van der Waals surface area contributed by atoms with Gasteiger partial charge in [-0.1, -0.05) is 41.6 Å². The minimum atomic E-state index is -0.0603. The highest BCUT2D eigenvalue weighted by molar-refractivity contribution is 7.99. The van der Waals surface area contributed by atoms with Crippen LogP contribution in [0.2, 0.25) is 0 Å². The van der Waals surface area contributed by atoms with E-state index < -0.39 is 0 Å². The lowest BCUT2D eigenvalue weighted by Crippen LogP contribution is -2.29. The number of carbonyl (C=O) groups excluding carboxylic acids is 1. The van der Waals surface area contributed by atoms with Crippen LogP contribution in [-0.2, 0) is 11.3 Å². The van der Waals surface area contributed by atoms with Gasteiger partial charge in [-0.15, -0.1) is 11.3 Å². The molecule has 31 heavy (non-hydrogen) atoms. The number of hydrogen-bond donors (Lipinski definition) is 1. The Morgan fingerprint density at radius 2 is 2.13 bits per heavy atom. The van der Waals surface area contributed by atoms with Crippen molar-refractivity contribution < 1.29 is 4.79 Å². The zero-order chi connectivity index (χ0) is 21.6. The van der Waals surface area contributed by atoms with Gasteiger partial charge in [0.25, 0.3) is 5.56 Å². The summed E-state index contributed by atoms with van der Waals surface area (Å²) in [7, 11) is 0. The van der Waals surface area contributed by atoms with Crippen molar-refractivity contribution in [1.82, 2.24) is 14.9 Å². The lowest BCUT2D eigenvalue weighted by Gasteiger charge is -2.16. The molecule has 0 fully saturated rings. The number of aromatic nitrogens is 2. The molecule has 0 saturated carbocycles. The Labute approximate surface area is 190 Å². The first-order chi connectivity index (χ1) is 15.1. The number of hydrogen-bond acceptors (Lipinski definition) is 5. The molecular weight excluding hydrogens is 426 g/mol. The van der Waals surface area contributed by atoms with E-state index in [1.54, 1.807) is 15.9 Å². The van der Waals surface area contributed by atoms with Gasteiger partial charge in [-0.3, -0.25) is 14.2 Å². The molecule has 1 atom stereocenters. The van der Waals surface area contributed by atoms with Gasteiger partial charge in [0, 0.05) is 11.4 Å². The minimum absolute atomic E-state index is 0.0295. The highest BCUT2D eigenvalue weighted by Gasteiger charge is 2.16. The van der Waals surface area contributed by atoms with Crippen molar-refractivity contribution in [3.8, 4) is 0 Å². The summed E-state index contributed by atoms with van der Waals surface area (Å²) in [6, 6.07) is 11.4. The first kappa shape index (κ1) is 21.8. The Kier molecular flexibility index (Phi) is 7.25. The van der Waals surface area contributed by atoms with E-state index in [4.69, 9.17) is 4.98 Å². The fourth-order valence-electron chi connectivity index (χ4n) is 3.86. The van der Waals surface area contributed by atoms with Crippen LogP contribution in [0.25, 0.3) is 10.9 Å². The van der Waals surface area contributed by atoms with Gasteiger partial charge in [-0.05, 0) is 62.6 Å². The van der Waals surface area contributed by atoms with Crippen LogP contribution in [0.1, 0.15) is 49.9 Å². The van der Waals surface area contributed by atoms with Crippen LogP contribution in [0.3, 0.4) is 0 Å². The van der Waals surface area contributed by atoms with Crippen LogP contribution in [0.4, 0.5) is 0 Å². The molecule has 0 unspecified atom stereocenters. The molecule has 4 rings (SSSR count). The predicted octanol–water partition coefficient (Wildman–Crippen LogP) is 5.32. The molecule has 0 saturated heterocycles. The molecule has 2 heterocycles. The maximum absolute atomic E-state index is 13.2. The lowest BCUT2D eigenvalue weighted by molar-refractivity contribution is -0.119. The number of fused-ring (bicyclic) bond motifs is 1. The largest absolute Gasteiger partial charge is 0.348 e.